The normalized spacial score (nSPS) is 11.8. The van der Waals surface area contributed by atoms with E-state index in [0.29, 0.717) is 35.0 Å². The molecule has 172 valence electrons. The number of nitrogens with one attached hydrogen (secondary N) is 1. The first-order chi connectivity index (χ1) is 15.7. The first kappa shape index (κ1) is 24.1. The smallest absolute Gasteiger partial charge is 0.253 e. The summed E-state index contributed by atoms with van der Waals surface area (Å²) in [5.41, 5.74) is 4.29. The summed E-state index contributed by atoms with van der Waals surface area (Å²) in [6, 6.07) is 13.3. The van der Waals surface area contributed by atoms with E-state index in [1.165, 1.54) is 0 Å². The Morgan fingerprint density at radius 1 is 0.939 bits per heavy atom. The van der Waals surface area contributed by atoms with Gasteiger partial charge in [0.1, 0.15) is 5.82 Å². The summed E-state index contributed by atoms with van der Waals surface area (Å²) in [4.78, 5) is 36.8. The highest BCUT2D eigenvalue weighted by Crippen LogP contribution is 2.27. The summed E-state index contributed by atoms with van der Waals surface area (Å²) >= 11 is 0. The lowest BCUT2D eigenvalue weighted by molar-refractivity contribution is 0.0778. The Bertz CT molecular complexity index is 1120. The average molecular weight is 445 g/mol. The molecule has 0 saturated heterocycles. The van der Waals surface area contributed by atoms with Gasteiger partial charge in [-0.2, -0.15) is 0 Å². The molecule has 2 aromatic carbocycles. The predicted molar refractivity (Wildman–Crippen MR) is 131 cm³/mol. The molecule has 2 amide bonds. The molecule has 1 aromatic heterocycles. The summed E-state index contributed by atoms with van der Waals surface area (Å²) < 4.78 is 0. The molecule has 0 aliphatic carbocycles. The monoisotopic (exact) mass is 444 g/mol. The van der Waals surface area contributed by atoms with Crippen molar-refractivity contribution in [1.29, 1.82) is 0 Å². The zero-order valence-corrected chi connectivity index (χ0v) is 20.2. The number of rotatable bonds is 7. The number of hydrogen-bond acceptors (Lipinski definition) is 4. The van der Waals surface area contributed by atoms with Crippen molar-refractivity contribution in [3.8, 4) is 11.1 Å². The van der Waals surface area contributed by atoms with Crippen LogP contribution in [0.1, 0.15) is 64.5 Å². The summed E-state index contributed by atoms with van der Waals surface area (Å²) in [7, 11) is 1.80. The van der Waals surface area contributed by atoms with E-state index in [0.717, 1.165) is 16.7 Å². The van der Waals surface area contributed by atoms with Crippen molar-refractivity contribution in [3.05, 3.63) is 82.9 Å². The number of aromatic nitrogens is 2. The van der Waals surface area contributed by atoms with Crippen molar-refractivity contribution in [3.63, 3.8) is 0 Å². The highest BCUT2D eigenvalue weighted by molar-refractivity contribution is 6.03. The van der Waals surface area contributed by atoms with Gasteiger partial charge in [0.25, 0.3) is 11.8 Å². The molecule has 3 rings (SSSR count). The van der Waals surface area contributed by atoms with Gasteiger partial charge in [0.15, 0.2) is 0 Å². The Kier molecular flexibility index (Phi) is 7.59. The molecule has 0 bridgehead atoms. The number of carbonyl (C=O) groups is 2. The Morgan fingerprint density at radius 2 is 1.55 bits per heavy atom. The number of nitrogens with zero attached hydrogens (tertiary/aromatic N) is 3. The third-order valence-corrected chi connectivity index (χ3v) is 5.62. The van der Waals surface area contributed by atoms with Crippen LogP contribution in [-0.4, -0.2) is 40.3 Å². The lowest BCUT2D eigenvalue weighted by Crippen LogP contribution is -2.32. The standard InChI is InChI=1S/C27H32N4O2/c1-17(2)16-31(6)27(33)25-13-22(21-10-8-7-9-11-21)12-24(18(25)3)26(32)30-19(4)23-14-28-20(5)29-15-23/h7-15,17,19H,16H2,1-6H3,(H,30,32)/t19-/m1/s1. The van der Waals surface area contributed by atoms with E-state index >= 15 is 0 Å². The van der Waals surface area contributed by atoms with Gasteiger partial charge < -0.3 is 10.2 Å². The fraction of sp³-hybridized carbons (Fsp3) is 0.333. The fourth-order valence-electron chi connectivity index (χ4n) is 3.79. The summed E-state index contributed by atoms with van der Waals surface area (Å²) in [6.45, 7) is 10.3. The molecule has 3 aromatic rings. The fourth-order valence-corrected chi connectivity index (χ4v) is 3.79. The van der Waals surface area contributed by atoms with E-state index in [9.17, 15) is 9.59 Å². The number of benzene rings is 2. The molecule has 0 radical (unpaired) electrons. The van der Waals surface area contributed by atoms with Crippen LogP contribution in [0, 0.1) is 19.8 Å². The molecule has 33 heavy (non-hydrogen) atoms. The second-order valence-corrected chi connectivity index (χ2v) is 8.90. The Balaban J connectivity index is 2.01. The topological polar surface area (TPSA) is 75.2 Å². The molecule has 6 nitrogen and oxygen atoms in total. The van der Waals surface area contributed by atoms with Crippen molar-refractivity contribution in [2.45, 2.75) is 40.7 Å². The van der Waals surface area contributed by atoms with Crippen molar-refractivity contribution in [2.75, 3.05) is 13.6 Å². The predicted octanol–water partition coefficient (Wildman–Crippen LogP) is 4.98. The number of aryl methyl sites for hydroxylation is 1. The van der Waals surface area contributed by atoms with Crippen LogP contribution in [0.2, 0.25) is 0 Å². The zero-order chi connectivity index (χ0) is 24.1. The molecule has 0 aliphatic heterocycles. The summed E-state index contributed by atoms with van der Waals surface area (Å²) in [5, 5.41) is 3.04. The van der Waals surface area contributed by atoms with Crippen molar-refractivity contribution in [2.24, 2.45) is 5.92 Å². The second kappa shape index (κ2) is 10.4. The number of hydrogen-bond donors (Lipinski definition) is 1. The third-order valence-electron chi connectivity index (χ3n) is 5.62. The van der Waals surface area contributed by atoms with Gasteiger partial charge in [-0.1, -0.05) is 44.2 Å². The van der Waals surface area contributed by atoms with Crippen LogP contribution in [0.25, 0.3) is 11.1 Å². The van der Waals surface area contributed by atoms with Crippen LogP contribution in [0.15, 0.2) is 54.9 Å². The average Bonchev–Trinajstić information content (AvgIpc) is 2.79. The van der Waals surface area contributed by atoms with E-state index in [1.807, 2.05) is 63.2 Å². The Hall–Kier alpha value is -3.54. The molecule has 6 heteroatoms. The molecule has 1 atom stereocenters. The van der Waals surface area contributed by atoms with Crippen molar-refractivity contribution < 1.29 is 9.59 Å². The first-order valence-corrected chi connectivity index (χ1v) is 11.2. The molecule has 0 unspecified atom stereocenters. The highest BCUT2D eigenvalue weighted by Gasteiger charge is 2.22. The van der Waals surface area contributed by atoms with Crippen LogP contribution < -0.4 is 5.32 Å². The quantitative estimate of drug-likeness (QED) is 0.558. The maximum Gasteiger partial charge on any atom is 0.253 e. The largest absolute Gasteiger partial charge is 0.345 e. The molecular weight excluding hydrogens is 412 g/mol. The lowest BCUT2D eigenvalue weighted by atomic mass is 9.93. The number of amides is 2. The van der Waals surface area contributed by atoms with Gasteiger partial charge in [-0.3, -0.25) is 9.59 Å². The van der Waals surface area contributed by atoms with Crippen molar-refractivity contribution >= 4 is 11.8 Å². The SMILES string of the molecule is Cc1ncc([C@@H](C)NC(=O)c2cc(-c3ccccc3)cc(C(=O)N(C)CC(C)C)c2C)cn1. The van der Waals surface area contributed by atoms with Gasteiger partial charge in [0, 0.05) is 42.7 Å². The van der Waals surface area contributed by atoms with E-state index in [2.05, 4.69) is 29.1 Å². The molecule has 0 aliphatic rings. The third kappa shape index (κ3) is 5.83. The van der Waals surface area contributed by atoms with Crippen LogP contribution in [-0.2, 0) is 0 Å². The van der Waals surface area contributed by atoms with E-state index in [1.54, 1.807) is 24.3 Å². The Labute approximate surface area is 196 Å². The van der Waals surface area contributed by atoms with Crippen LogP contribution in [0.5, 0.6) is 0 Å². The zero-order valence-electron chi connectivity index (χ0n) is 20.2. The van der Waals surface area contributed by atoms with Crippen molar-refractivity contribution in [1.82, 2.24) is 20.2 Å². The van der Waals surface area contributed by atoms with Crippen LogP contribution in [0.3, 0.4) is 0 Å². The summed E-state index contributed by atoms with van der Waals surface area (Å²) in [6.07, 6.45) is 3.44. The van der Waals surface area contributed by atoms with Gasteiger partial charge in [0.2, 0.25) is 0 Å². The van der Waals surface area contributed by atoms with E-state index in [-0.39, 0.29) is 17.9 Å². The molecule has 0 fully saturated rings. The molecule has 0 saturated carbocycles. The minimum absolute atomic E-state index is 0.0898. The lowest BCUT2D eigenvalue weighted by Gasteiger charge is -2.22. The van der Waals surface area contributed by atoms with Gasteiger partial charge >= 0.3 is 0 Å². The van der Waals surface area contributed by atoms with Gasteiger partial charge in [-0.25, -0.2) is 9.97 Å². The minimum atomic E-state index is -0.277. The maximum atomic E-state index is 13.3. The maximum absolute atomic E-state index is 13.3. The van der Waals surface area contributed by atoms with Crippen LogP contribution >= 0.6 is 0 Å². The highest BCUT2D eigenvalue weighted by atomic mass is 16.2. The van der Waals surface area contributed by atoms with E-state index < -0.39 is 0 Å². The van der Waals surface area contributed by atoms with E-state index in [4.69, 9.17) is 0 Å². The Morgan fingerprint density at radius 3 is 2.15 bits per heavy atom. The molecule has 1 heterocycles. The van der Waals surface area contributed by atoms with Gasteiger partial charge in [0.05, 0.1) is 6.04 Å². The summed E-state index contributed by atoms with van der Waals surface area (Å²) in [5.74, 6) is 0.696. The molecular formula is C27H32N4O2. The molecule has 0 spiro atoms. The number of carbonyl (C=O) groups excluding carboxylic acids is 2. The van der Waals surface area contributed by atoms with Gasteiger partial charge in [-0.15, -0.1) is 0 Å². The minimum Gasteiger partial charge on any atom is -0.345 e. The first-order valence-electron chi connectivity index (χ1n) is 11.2. The molecule has 1 N–H and O–H groups in total. The second-order valence-electron chi connectivity index (χ2n) is 8.90. The van der Waals surface area contributed by atoms with Crippen LogP contribution in [0.4, 0.5) is 0 Å². The van der Waals surface area contributed by atoms with Gasteiger partial charge in [-0.05, 0) is 55.5 Å².